The van der Waals surface area contributed by atoms with Crippen molar-refractivity contribution < 1.29 is 13.2 Å². The molecule has 0 amide bonds. The molecule has 0 aromatic heterocycles. The third-order valence-corrected chi connectivity index (χ3v) is 6.63. The predicted molar refractivity (Wildman–Crippen MR) is 117 cm³/mol. The fourth-order valence-electron chi connectivity index (χ4n) is 2.29. The second-order valence-corrected chi connectivity index (χ2v) is 8.73. The predicted octanol–water partition coefficient (Wildman–Crippen LogP) is 5.22. The number of rotatable bonds is 3. The zero-order valence-electron chi connectivity index (χ0n) is 14.3. The average Bonchev–Trinajstić information content (AvgIpc) is 2.74. The molecule has 0 fully saturated rings. The van der Waals surface area contributed by atoms with E-state index in [1.54, 1.807) is 48.5 Å². The zero-order chi connectivity index (χ0) is 21.2. The lowest BCUT2D eigenvalue weighted by Crippen LogP contribution is -2.17. The molecule has 3 rings (SSSR count). The van der Waals surface area contributed by atoms with Crippen LogP contribution in [-0.4, -0.2) is 25.7 Å². The molecule has 0 radical (unpaired) electrons. The SMILES string of the molecule is O=C1C(Cl)=C(Cl)C(=NC(=NS(=O)(=O)c2ccccc2)c2ccccc2)C(Cl)=C1Cl. The number of hydrogen-bond donors (Lipinski definition) is 0. The molecule has 5 nitrogen and oxygen atoms in total. The van der Waals surface area contributed by atoms with Gasteiger partial charge in [-0.1, -0.05) is 94.9 Å². The van der Waals surface area contributed by atoms with Crippen molar-refractivity contribution in [3.05, 3.63) is 86.4 Å². The van der Waals surface area contributed by atoms with Crippen molar-refractivity contribution in [1.29, 1.82) is 0 Å². The number of benzene rings is 2. The molecule has 29 heavy (non-hydrogen) atoms. The van der Waals surface area contributed by atoms with Gasteiger partial charge >= 0.3 is 0 Å². The van der Waals surface area contributed by atoms with E-state index >= 15 is 0 Å². The van der Waals surface area contributed by atoms with Crippen LogP contribution in [0.5, 0.6) is 0 Å². The fourth-order valence-corrected chi connectivity index (χ4v) is 4.18. The first kappa shape index (κ1) is 21.7. The van der Waals surface area contributed by atoms with Gasteiger partial charge in [-0.2, -0.15) is 8.42 Å². The fraction of sp³-hybridized carbons (Fsp3) is 0. The van der Waals surface area contributed by atoms with Crippen molar-refractivity contribution in [1.82, 2.24) is 0 Å². The van der Waals surface area contributed by atoms with E-state index in [-0.39, 0.29) is 36.6 Å². The lowest BCUT2D eigenvalue weighted by atomic mass is 10.1. The average molecular weight is 488 g/mol. The summed E-state index contributed by atoms with van der Waals surface area (Å²) in [5.41, 5.74) is 0.214. The molecule has 0 heterocycles. The molecule has 2 aromatic rings. The molecule has 0 saturated heterocycles. The van der Waals surface area contributed by atoms with Gasteiger partial charge in [0.2, 0.25) is 5.78 Å². The topological polar surface area (TPSA) is 75.9 Å². The van der Waals surface area contributed by atoms with E-state index in [4.69, 9.17) is 46.4 Å². The maximum absolute atomic E-state index is 12.7. The van der Waals surface area contributed by atoms with E-state index in [1.165, 1.54) is 12.1 Å². The van der Waals surface area contributed by atoms with Crippen molar-refractivity contribution in [3.8, 4) is 0 Å². The Hall–Kier alpha value is -1.96. The van der Waals surface area contributed by atoms with E-state index in [2.05, 4.69) is 9.39 Å². The highest BCUT2D eigenvalue weighted by molar-refractivity contribution is 7.90. The van der Waals surface area contributed by atoms with Gasteiger partial charge in [0.05, 0.1) is 15.0 Å². The number of hydrogen-bond acceptors (Lipinski definition) is 3. The molecule has 148 valence electrons. The molecule has 0 N–H and O–H groups in total. The van der Waals surface area contributed by atoms with Crippen LogP contribution in [0.25, 0.3) is 0 Å². The normalized spacial score (nSPS) is 15.8. The summed E-state index contributed by atoms with van der Waals surface area (Å²) in [6.07, 6.45) is 0. The molecule has 1 aliphatic rings. The van der Waals surface area contributed by atoms with Crippen molar-refractivity contribution in [2.45, 2.75) is 4.90 Å². The van der Waals surface area contributed by atoms with Crippen LogP contribution in [0.2, 0.25) is 0 Å². The Balaban J connectivity index is 2.24. The molecule has 1 aliphatic carbocycles. The molecule has 0 aliphatic heterocycles. The molecule has 0 saturated carbocycles. The van der Waals surface area contributed by atoms with Gasteiger partial charge in [0.15, 0.2) is 5.84 Å². The van der Waals surface area contributed by atoms with Crippen molar-refractivity contribution in [2.75, 3.05) is 0 Å². The minimum atomic E-state index is -4.10. The Kier molecular flexibility index (Phi) is 6.61. The summed E-state index contributed by atoms with van der Waals surface area (Å²) in [7, 11) is -4.10. The minimum Gasteiger partial charge on any atom is -0.286 e. The molecule has 0 unspecified atom stereocenters. The Morgan fingerprint density at radius 1 is 0.724 bits per heavy atom. The van der Waals surface area contributed by atoms with Crippen LogP contribution in [0.15, 0.2) is 95.1 Å². The third kappa shape index (κ3) is 4.63. The van der Waals surface area contributed by atoms with Gasteiger partial charge in [-0.25, -0.2) is 4.99 Å². The molecule has 0 atom stereocenters. The second-order valence-electron chi connectivity index (χ2n) is 5.61. The minimum absolute atomic E-state index is 0.0215. The Bertz CT molecular complexity index is 1170. The monoisotopic (exact) mass is 486 g/mol. The first-order chi connectivity index (χ1) is 13.7. The van der Waals surface area contributed by atoms with Crippen molar-refractivity contribution in [3.63, 3.8) is 0 Å². The number of Topliss-reactive ketones (excluding diaryl/α,β-unsaturated/α-hetero) is 1. The summed E-state index contributed by atoms with van der Waals surface area (Å²) in [6, 6.07) is 15.9. The molecule has 0 spiro atoms. The van der Waals surface area contributed by atoms with Crippen LogP contribution in [0.3, 0.4) is 0 Å². The smallest absolute Gasteiger partial charge is 0.284 e. The quantitative estimate of drug-likeness (QED) is 0.338. The molecular weight excluding hydrogens is 478 g/mol. The van der Waals surface area contributed by atoms with Gasteiger partial charge in [-0.15, -0.1) is 4.40 Å². The van der Waals surface area contributed by atoms with Gasteiger partial charge in [0.1, 0.15) is 15.8 Å². The summed E-state index contributed by atoms with van der Waals surface area (Å²) in [5, 5.41) is -1.27. The number of carbonyl (C=O) groups excluding carboxylic acids is 1. The lowest BCUT2D eigenvalue weighted by Gasteiger charge is -2.14. The number of halogens is 4. The summed E-state index contributed by atoms with van der Waals surface area (Å²) >= 11 is 24.1. The molecule has 0 bridgehead atoms. The van der Waals surface area contributed by atoms with Crippen molar-refractivity contribution >= 4 is 73.8 Å². The van der Waals surface area contributed by atoms with E-state index in [0.29, 0.717) is 5.56 Å². The summed E-state index contributed by atoms with van der Waals surface area (Å²) in [5.74, 6) is -0.957. The maximum Gasteiger partial charge on any atom is 0.284 e. The van der Waals surface area contributed by atoms with E-state index in [1.807, 2.05) is 0 Å². The van der Waals surface area contributed by atoms with E-state index in [9.17, 15) is 13.2 Å². The standard InChI is InChI=1S/C19H10Cl4N2O3S/c20-13-15(22)18(26)16(23)14(21)17(13)24-19(11-7-3-1-4-8-11)25-29(27,28)12-9-5-2-6-10-12/h1-10H. The van der Waals surface area contributed by atoms with Crippen LogP contribution in [-0.2, 0) is 14.8 Å². The Labute approximate surface area is 187 Å². The summed E-state index contributed by atoms with van der Waals surface area (Å²) in [4.78, 5) is 16.1. The third-order valence-electron chi connectivity index (χ3n) is 3.70. The van der Waals surface area contributed by atoms with Gasteiger partial charge in [0, 0.05) is 5.56 Å². The van der Waals surface area contributed by atoms with Crippen LogP contribution >= 0.6 is 46.4 Å². The maximum atomic E-state index is 12.7. The van der Waals surface area contributed by atoms with Crippen LogP contribution in [0.4, 0.5) is 0 Å². The second kappa shape index (κ2) is 8.81. The van der Waals surface area contributed by atoms with Gasteiger partial charge in [0.25, 0.3) is 10.0 Å². The van der Waals surface area contributed by atoms with Crippen molar-refractivity contribution in [2.24, 2.45) is 9.39 Å². The Morgan fingerprint density at radius 3 is 1.72 bits per heavy atom. The number of ketones is 1. The number of amidine groups is 1. The van der Waals surface area contributed by atoms with Gasteiger partial charge in [-0.3, -0.25) is 4.79 Å². The Morgan fingerprint density at radius 2 is 1.21 bits per heavy atom. The first-order valence-electron chi connectivity index (χ1n) is 7.92. The van der Waals surface area contributed by atoms with E-state index in [0.717, 1.165) is 0 Å². The number of nitrogens with zero attached hydrogens (tertiary/aromatic N) is 2. The number of allylic oxidation sites excluding steroid dienone is 4. The number of sulfonamides is 1. The first-order valence-corrected chi connectivity index (χ1v) is 10.9. The summed E-state index contributed by atoms with van der Waals surface area (Å²) < 4.78 is 29.3. The van der Waals surface area contributed by atoms with Gasteiger partial charge in [-0.05, 0) is 12.1 Å². The van der Waals surface area contributed by atoms with Gasteiger partial charge < -0.3 is 0 Å². The largest absolute Gasteiger partial charge is 0.286 e. The van der Waals surface area contributed by atoms with Crippen LogP contribution < -0.4 is 0 Å². The highest BCUT2D eigenvalue weighted by Gasteiger charge is 2.30. The van der Waals surface area contributed by atoms with Crippen LogP contribution in [0.1, 0.15) is 5.56 Å². The van der Waals surface area contributed by atoms with Crippen LogP contribution in [0, 0.1) is 0 Å². The highest BCUT2D eigenvalue weighted by atomic mass is 35.5. The summed E-state index contributed by atoms with van der Waals surface area (Å²) in [6.45, 7) is 0. The molecule has 10 heteroatoms. The lowest BCUT2D eigenvalue weighted by molar-refractivity contribution is -0.111. The van der Waals surface area contributed by atoms with E-state index < -0.39 is 15.8 Å². The molecular formula is C19H10Cl4N2O3S. The molecule has 2 aromatic carbocycles. The number of aliphatic imine (C=N–C) groups is 1. The highest BCUT2D eigenvalue weighted by Crippen LogP contribution is 2.34. The zero-order valence-corrected chi connectivity index (χ0v) is 18.2. The number of carbonyl (C=O) groups is 1.